The van der Waals surface area contributed by atoms with Crippen molar-refractivity contribution in [3.8, 4) is 0 Å². The van der Waals surface area contributed by atoms with Crippen LogP contribution in [0.3, 0.4) is 0 Å². The molecule has 0 aromatic carbocycles. The van der Waals surface area contributed by atoms with Crippen molar-refractivity contribution in [2.24, 2.45) is 0 Å². The second kappa shape index (κ2) is 4.62. The highest BCUT2D eigenvalue weighted by Gasteiger charge is 2.11. The molecule has 70 valence electrons. The van der Waals surface area contributed by atoms with Crippen LogP contribution in [0, 0.1) is 0 Å². The van der Waals surface area contributed by atoms with Crippen LogP contribution in [0.2, 0.25) is 0 Å². The van der Waals surface area contributed by atoms with Gasteiger partial charge >= 0.3 is 0 Å². The molecule has 0 spiro atoms. The van der Waals surface area contributed by atoms with Gasteiger partial charge in [0.05, 0.1) is 11.8 Å². The third kappa shape index (κ3) is 3.00. The fraction of sp³-hybridized carbons (Fsp3) is 0.125. The minimum absolute atomic E-state index is 0.193. The lowest BCUT2D eigenvalue weighted by Gasteiger charge is -2.01. The minimum Gasteiger partial charge on any atom is -0.457 e. The molecule has 13 heavy (non-hydrogen) atoms. The summed E-state index contributed by atoms with van der Waals surface area (Å²) < 4.78 is 6.07. The number of furan rings is 1. The quantitative estimate of drug-likeness (QED) is 0.933. The summed E-state index contributed by atoms with van der Waals surface area (Å²) in [5.74, 6) is -0.193. The van der Waals surface area contributed by atoms with E-state index in [-0.39, 0.29) is 5.91 Å². The lowest BCUT2D eigenvalue weighted by Crippen LogP contribution is -2.24. The monoisotopic (exact) mass is 307 g/mol. The van der Waals surface area contributed by atoms with Crippen molar-refractivity contribution >= 4 is 37.8 Å². The molecule has 1 amide bonds. The van der Waals surface area contributed by atoms with E-state index < -0.39 is 0 Å². The standard InChI is InChI=1S/C8H7Br2NO2/c1-5(9)4-11-8(12)6-2-3-13-7(6)10/h2-3H,1,4H2,(H,11,12). The molecule has 0 atom stereocenters. The minimum atomic E-state index is -0.193. The van der Waals surface area contributed by atoms with Crippen molar-refractivity contribution in [1.82, 2.24) is 5.32 Å². The van der Waals surface area contributed by atoms with E-state index in [1.807, 2.05) is 0 Å². The number of nitrogens with one attached hydrogen (secondary N) is 1. The number of rotatable bonds is 3. The molecule has 0 bridgehead atoms. The van der Waals surface area contributed by atoms with E-state index in [9.17, 15) is 4.79 Å². The van der Waals surface area contributed by atoms with Crippen LogP contribution in [-0.2, 0) is 0 Å². The van der Waals surface area contributed by atoms with Crippen LogP contribution < -0.4 is 5.32 Å². The molecule has 0 saturated heterocycles. The molecule has 1 aromatic heterocycles. The van der Waals surface area contributed by atoms with Gasteiger partial charge in [-0.05, 0) is 22.0 Å². The maximum absolute atomic E-state index is 11.4. The number of halogens is 2. The molecule has 5 heteroatoms. The van der Waals surface area contributed by atoms with Gasteiger partial charge < -0.3 is 9.73 Å². The molecule has 1 rings (SSSR count). The van der Waals surface area contributed by atoms with Crippen molar-refractivity contribution < 1.29 is 9.21 Å². The maximum atomic E-state index is 11.4. The highest BCUT2D eigenvalue weighted by molar-refractivity contribution is 9.11. The highest BCUT2D eigenvalue weighted by Crippen LogP contribution is 2.17. The number of amides is 1. The van der Waals surface area contributed by atoms with Gasteiger partial charge in [0, 0.05) is 11.0 Å². The Morgan fingerprint density at radius 2 is 2.38 bits per heavy atom. The molecule has 3 nitrogen and oxygen atoms in total. The Balaban J connectivity index is 2.59. The average Bonchev–Trinajstić information content (AvgIpc) is 2.47. The van der Waals surface area contributed by atoms with E-state index in [2.05, 4.69) is 43.8 Å². The molecule has 0 aliphatic heterocycles. The van der Waals surface area contributed by atoms with Gasteiger partial charge in [-0.15, -0.1) is 0 Å². The Kier molecular flexibility index (Phi) is 3.74. The summed E-state index contributed by atoms with van der Waals surface area (Å²) in [5, 5.41) is 2.65. The lowest BCUT2D eigenvalue weighted by atomic mass is 10.3. The molecule has 0 unspecified atom stereocenters. The van der Waals surface area contributed by atoms with Crippen molar-refractivity contribution in [3.63, 3.8) is 0 Å². The summed E-state index contributed by atoms with van der Waals surface area (Å²) >= 11 is 6.25. The third-order valence-corrected chi connectivity index (χ3v) is 2.20. The number of hydrogen-bond donors (Lipinski definition) is 1. The van der Waals surface area contributed by atoms with Gasteiger partial charge in [0.15, 0.2) is 4.67 Å². The molecule has 0 radical (unpaired) electrons. The molecular formula is C8H7Br2NO2. The topological polar surface area (TPSA) is 42.2 Å². The third-order valence-electron chi connectivity index (χ3n) is 1.30. The second-order valence-electron chi connectivity index (χ2n) is 2.31. The molecule has 1 heterocycles. The SMILES string of the molecule is C=C(Br)CNC(=O)c1ccoc1Br. The molecule has 0 saturated carbocycles. The molecular weight excluding hydrogens is 302 g/mol. The van der Waals surface area contributed by atoms with E-state index >= 15 is 0 Å². The van der Waals surface area contributed by atoms with Gasteiger partial charge in [0.1, 0.15) is 0 Å². The van der Waals surface area contributed by atoms with E-state index in [1.54, 1.807) is 6.07 Å². The van der Waals surface area contributed by atoms with Crippen LogP contribution in [0.1, 0.15) is 10.4 Å². The smallest absolute Gasteiger partial charge is 0.256 e. The Bertz CT molecular complexity index is 333. The van der Waals surface area contributed by atoms with Crippen molar-refractivity contribution in [2.45, 2.75) is 0 Å². The van der Waals surface area contributed by atoms with Crippen LogP contribution in [0.15, 0.2) is 32.5 Å². The molecule has 0 aliphatic carbocycles. The largest absolute Gasteiger partial charge is 0.457 e. The Labute approximate surface area is 92.4 Å². The molecule has 1 N–H and O–H groups in total. The zero-order chi connectivity index (χ0) is 9.84. The predicted molar refractivity (Wildman–Crippen MR) is 56.8 cm³/mol. The fourth-order valence-corrected chi connectivity index (χ4v) is 1.29. The second-order valence-corrected chi connectivity index (χ2v) is 4.15. The lowest BCUT2D eigenvalue weighted by molar-refractivity contribution is 0.0956. The molecule has 0 aliphatic rings. The summed E-state index contributed by atoms with van der Waals surface area (Å²) in [6.45, 7) is 4.00. The number of hydrogen-bond acceptors (Lipinski definition) is 2. The van der Waals surface area contributed by atoms with Crippen molar-refractivity contribution in [1.29, 1.82) is 0 Å². The summed E-state index contributed by atoms with van der Waals surface area (Å²) in [5.41, 5.74) is 0.480. The van der Waals surface area contributed by atoms with Crippen molar-refractivity contribution in [2.75, 3.05) is 6.54 Å². The molecule has 0 fully saturated rings. The number of carbonyl (C=O) groups excluding carboxylic acids is 1. The summed E-state index contributed by atoms with van der Waals surface area (Å²) in [6, 6.07) is 1.59. The van der Waals surface area contributed by atoms with E-state index in [1.165, 1.54) is 6.26 Å². The van der Waals surface area contributed by atoms with Crippen LogP contribution in [0.25, 0.3) is 0 Å². The van der Waals surface area contributed by atoms with Crippen molar-refractivity contribution in [3.05, 3.63) is 33.6 Å². The summed E-state index contributed by atoms with van der Waals surface area (Å²) in [7, 11) is 0. The average molecular weight is 309 g/mol. The van der Waals surface area contributed by atoms with E-state index in [0.29, 0.717) is 16.8 Å². The van der Waals surface area contributed by atoms with Gasteiger partial charge in [0.2, 0.25) is 0 Å². The first-order valence-electron chi connectivity index (χ1n) is 3.45. The Hall–Kier alpha value is -0.550. The summed E-state index contributed by atoms with van der Waals surface area (Å²) in [4.78, 5) is 11.4. The first kappa shape index (κ1) is 10.5. The van der Waals surface area contributed by atoms with E-state index in [0.717, 1.165) is 4.48 Å². The zero-order valence-corrected chi connectivity index (χ0v) is 9.81. The predicted octanol–water partition coefficient (Wildman–Crippen LogP) is 2.68. The Morgan fingerprint density at radius 3 is 2.85 bits per heavy atom. The van der Waals surface area contributed by atoms with Gasteiger partial charge in [-0.3, -0.25) is 4.79 Å². The zero-order valence-electron chi connectivity index (χ0n) is 6.64. The first-order valence-corrected chi connectivity index (χ1v) is 5.04. The summed E-state index contributed by atoms with van der Waals surface area (Å²) in [6.07, 6.45) is 1.45. The van der Waals surface area contributed by atoms with Gasteiger partial charge in [-0.1, -0.05) is 22.5 Å². The maximum Gasteiger partial charge on any atom is 0.256 e. The first-order chi connectivity index (χ1) is 6.11. The van der Waals surface area contributed by atoms with Gasteiger partial charge in [-0.2, -0.15) is 0 Å². The highest BCUT2D eigenvalue weighted by atomic mass is 79.9. The van der Waals surface area contributed by atoms with Gasteiger partial charge in [-0.25, -0.2) is 0 Å². The fourth-order valence-electron chi connectivity index (χ4n) is 0.727. The van der Waals surface area contributed by atoms with Gasteiger partial charge in [0.25, 0.3) is 5.91 Å². The normalized spacial score (nSPS) is 9.69. The van der Waals surface area contributed by atoms with Crippen LogP contribution in [0.4, 0.5) is 0 Å². The van der Waals surface area contributed by atoms with Crippen LogP contribution >= 0.6 is 31.9 Å². The Morgan fingerprint density at radius 1 is 1.69 bits per heavy atom. The number of carbonyl (C=O) groups is 1. The van der Waals surface area contributed by atoms with Crippen LogP contribution in [0.5, 0.6) is 0 Å². The van der Waals surface area contributed by atoms with E-state index in [4.69, 9.17) is 4.42 Å². The molecule has 1 aromatic rings. The van der Waals surface area contributed by atoms with Crippen LogP contribution in [-0.4, -0.2) is 12.5 Å².